The molecule has 1 saturated heterocycles. The van der Waals surface area contributed by atoms with Crippen molar-refractivity contribution in [3.05, 3.63) is 17.5 Å². The van der Waals surface area contributed by atoms with E-state index in [2.05, 4.69) is 27.7 Å². The number of hydrogen-bond donors (Lipinski definition) is 1. The Labute approximate surface area is 118 Å². The molecule has 2 rings (SSSR count). The standard InChI is InChI=1S/C14H22N2O2S/c1-3-12(14(17)18-2)15-11-6-8-16(9-7-11)13-5-4-10-19-13/h4-5,10-12,15H,3,6-9H2,1-2H3. The second-order valence-corrected chi connectivity index (χ2v) is 5.79. The molecule has 0 spiro atoms. The van der Waals surface area contributed by atoms with Gasteiger partial charge in [-0.15, -0.1) is 11.3 Å². The molecule has 1 atom stereocenters. The molecule has 1 aliphatic rings. The molecule has 4 nitrogen and oxygen atoms in total. The first-order valence-corrected chi connectivity index (χ1v) is 7.75. The topological polar surface area (TPSA) is 41.6 Å². The number of nitrogens with one attached hydrogen (secondary N) is 1. The summed E-state index contributed by atoms with van der Waals surface area (Å²) in [6.45, 7) is 4.11. The quantitative estimate of drug-likeness (QED) is 0.841. The summed E-state index contributed by atoms with van der Waals surface area (Å²) in [5.41, 5.74) is 0. The van der Waals surface area contributed by atoms with Gasteiger partial charge in [0, 0.05) is 19.1 Å². The van der Waals surface area contributed by atoms with Crippen LogP contribution < -0.4 is 10.2 Å². The Kier molecular flexibility index (Phi) is 5.22. The molecule has 0 radical (unpaired) electrons. The summed E-state index contributed by atoms with van der Waals surface area (Å²) < 4.78 is 4.81. The van der Waals surface area contributed by atoms with Crippen LogP contribution >= 0.6 is 11.3 Å². The highest BCUT2D eigenvalue weighted by molar-refractivity contribution is 7.14. The van der Waals surface area contributed by atoms with Gasteiger partial charge in [0.25, 0.3) is 0 Å². The lowest BCUT2D eigenvalue weighted by Crippen LogP contribution is -2.48. The van der Waals surface area contributed by atoms with Crippen LogP contribution in [-0.2, 0) is 9.53 Å². The van der Waals surface area contributed by atoms with Gasteiger partial charge in [-0.3, -0.25) is 4.79 Å². The van der Waals surface area contributed by atoms with Crippen molar-refractivity contribution in [1.29, 1.82) is 0 Å². The Morgan fingerprint density at radius 1 is 1.58 bits per heavy atom. The van der Waals surface area contributed by atoms with Gasteiger partial charge in [-0.1, -0.05) is 6.92 Å². The fourth-order valence-corrected chi connectivity index (χ4v) is 3.28. The van der Waals surface area contributed by atoms with Crippen LogP contribution in [-0.4, -0.2) is 38.3 Å². The van der Waals surface area contributed by atoms with E-state index >= 15 is 0 Å². The molecule has 0 saturated carbocycles. The van der Waals surface area contributed by atoms with Gasteiger partial charge in [0.05, 0.1) is 12.1 Å². The van der Waals surface area contributed by atoms with E-state index in [0.717, 1.165) is 32.4 Å². The minimum atomic E-state index is -0.164. The van der Waals surface area contributed by atoms with Crippen molar-refractivity contribution in [2.24, 2.45) is 0 Å². The number of hydrogen-bond acceptors (Lipinski definition) is 5. The van der Waals surface area contributed by atoms with Crippen molar-refractivity contribution in [2.75, 3.05) is 25.1 Å². The molecular weight excluding hydrogens is 260 g/mol. The summed E-state index contributed by atoms with van der Waals surface area (Å²) in [5, 5.41) is 6.89. The fourth-order valence-electron chi connectivity index (χ4n) is 2.50. The number of esters is 1. The Balaban J connectivity index is 1.81. The van der Waals surface area contributed by atoms with E-state index in [1.807, 2.05) is 6.92 Å². The molecular formula is C14H22N2O2S. The molecule has 0 aliphatic carbocycles. The number of ether oxygens (including phenoxy) is 1. The Hall–Kier alpha value is -1.07. The average Bonchev–Trinajstić information content (AvgIpc) is 2.98. The normalized spacial score (nSPS) is 18.3. The highest BCUT2D eigenvalue weighted by Gasteiger charge is 2.25. The van der Waals surface area contributed by atoms with E-state index in [9.17, 15) is 4.79 Å². The van der Waals surface area contributed by atoms with Crippen LogP contribution in [0.5, 0.6) is 0 Å². The predicted octanol–water partition coefficient (Wildman–Crippen LogP) is 2.26. The van der Waals surface area contributed by atoms with Crippen molar-refractivity contribution < 1.29 is 9.53 Å². The first kappa shape index (κ1) is 14.3. The number of piperidine rings is 1. The molecule has 106 valence electrons. The third-order valence-corrected chi connectivity index (χ3v) is 4.57. The number of carbonyl (C=O) groups is 1. The van der Waals surface area contributed by atoms with Crippen molar-refractivity contribution in [2.45, 2.75) is 38.3 Å². The van der Waals surface area contributed by atoms with Crippen molar-refractivity contribution in [1.82, 2.24) is 5.32 Å². The molecule has 5 heteroatoms. The van der Waals surface area contributed by atoms with Crippen LogP contribution in [0.2, 0.25) is 0 Å². The zero-order valence-electron chi connectivity index (χ0n) is 11.6. The van der Waals surface area contributed by atoms with Gasteiger partial charge in [-0.25, -0.2) is 0 Å². The second kappa shape index (κ2) is 6.91. The SMILES string of the molecule is CCC(NC1CCN(c2cccs2)CC1)C(=O)OC. The minimum Gasteiger partial charge on any atom is -0.468 e. The van der Waals surface area contributed by atoms with Crippen molar-refractivity contribution >= 4 is 22.3 Å². The molecule has 1 fully saturated rings. The Bertz CT molecular complexity index is 386. The smallest absolute Gasteiger partial charge is 0.322 e. The maximum atomic E-state index is 11.6. The molecule has 0 amide bonds. The van der Waals surface area contributed by atoms with Crippen LogP contribution in [0.1, 0.15) is 26.2 Å². The number of nitrogens with zero attached hydrogens (tertiary/aromatic N) is 1. The third kappa shape index (κ3) is 3.70. The minimum absolute atomic E-state index is 0.150. The molecule has 1 unspecified atom stereocenters. The van der Waals surface area contributed by atoms with Crippen LogP contribution in [0, 0.1) is 0 Å². The summed E-state index contributed by atoms with van der Waals surface area (Å²) in [5.74, 6) is -0.150. The highest BCUT2D eigenvalue weighted by atomic mass is 32.1. The van der Waals surface area contributed by atoms with Gasteiger partial charge >= 0.3 is 5.97 Å². The van der Waals surface area contributed by atoms with E-state index < -0.39 is 0 Å². The van der Waals surface area contributed by atoms with Crippen molar-refractivity contribution in [3.63, 3.8) is 0 Å². The van der Waals surface area contributed by atoms with Gasteiger partial charge in [-0.2, -0.15) is 0 Å². The average molecular weight is 282 g/mol. The molecule has 1 aromatic rings. The van der Waals surface area contributed by atoms with Gasteiger partial charge in [0.1, 0.15) is 6.04 Å². The number of anilines is 1. The lowest BCUT2D eigenvalue weighted by Gasteiger charge is -2.34. The molecule has 1 N–H and O–H groups in total. The van der Waals surface area contributed by atoms with E-state index in [1.165, 1.54) is 12.1 Å². The van der Waals surface area contributed by atoms with E-state index in [1.54, 1.807) is 11.3 Å². The van der Waals surface area contributed by atoms with Crippen molar-refractivity contribution in [3.8, 4) is 0 Å². The van der Waals surface area contributed by atoms with Gasteiger partial charge in [0.15, 0.2) is 0 Å². The predicted molar refractivity (Wildman–Crippen MR) is 78.8 cm³/mol. The Morgan fingerprint density at radius 2 is 2.32 bits per heavy atom. The zero-order chi connectivity index (χ0) is 13.7. The summed E-state index contributed by atoms with van der Waals surface area (Å²) in [4.78, 5) is 14.0. The molecule has 0 bridgehead atoms. The fraction of sp³-hybridized carbons (Fsp3) is 0.643. The number of thiophene rings is 1. The molecule has 1 aromatic heterocycles. The maximum absolute atomic E-state index is 11.6. The third-order valence-electron chi connectivity index (χ3n) is 3.64. The summed E-state index contributed by atoms with van der Waals surface area (Å²) in [7, 11) is 1.45. The summed E-state index contributed by atoms with van der Waals surface area (Å²) >= 11 is 1.79. The van der Waals surface area contributed by atoms with Crippen LogP contribution in [0.15, 0.2) is 17.5 Å². The van der Waals surface area contributed by atoms with E-state index in [0.29, 0.717) is 6.04 Å². The lowest BCUT2D eigenvalue weighted by atomic mass is 10.0. The zero-order valence-corrected chi connectivity index (χ0v) is 12.4. The summed E-state index contributed by atoms with van der Waals surface area (Å²) in [6.07, 6.45) is 2.93. The van der Waals surface area contributed by atoms with Gasteiger partial charge < -0.3 is 15.0 Å². The molecule has 2 heterocycles. The second-order valence-electron chi connectivity index (χ2n) is 4.86. The summed E-state index contributed by atoms with van der Waals surface area (Å²) in [6, 6.07) is 4.51. The number of rotatable bonds is 5. The van der Waals surface area contributed by atoms with E-state index in [4.69, 9.17) is 4.74 Å². The van der Waals surface area contributed by atoms with Crippen LogP contribution in [0.4, 0.5) is 5.00 Å². The first-order chi connectivity index (χ1) is 9.24. The number of methoxy groups -OCH3 is 1. The molecule has 19 heavy (non-hydrogen) atoms. The molecule has 1 aliphatic heterocycles. The van der Waals surface area contributed by atoms with Crippen LogP contribution in [0.3, 0.4) is 0 Å². The first-order valence-electron chi connectivity index (χ1n) is 6.87. The van der Waals surface area contributed by atoms with Crippen LogP contribution in [0.25, 0.3) is 0 Å². The lowest BCUT2D eigenvalue weighted by molar-refractivity contribution is -0.143. The Morgan fingerprint density at radius 3 is 2.84 bits per heavy atom. The highest BCUT2D eigenvalue weighted by Crippen LogP contribution is 2.25. The van der Waals surface area contributed by atoms with Gasteiger partial charge in [-0.05, 0) is 36.8 Å². The maximum Gasteiger partial charge on any atom is 0.322 e. The van der Waals surface area contributed by atoms with Gasteiger partial charge in [0.2, 0.25) is 0 Å². The monoisotopic (exact) mass is 282 g/mol. The number of carbonyl (C=O) groups excluding carboxylic acids is 1. The molecule has 0 aromatic carbocycles. The van der Waals surface area contributed by atoms with E-state index in [-0.39, 0.29) is 12.0 Å². The largest absolute Gasteiger partial charge is 0.468 e.